The van der Waals surface area contributed by atoms with E-state index in [4.69, 9.17) is 27.9 Å². The molecule has 35 heavy (non-hydrogen) atoms. The highest BCUT2D eigenvalue weighted by atomic mass is 35.5. The molecule has 0 spiro atoms. The van der Waals surface area contributed by atoms with Gasteiger partial charge in [-0.25, -0.2) is 8.42 Å². The molecule has 1 heterocycles. The third kappa shape index (κ3) is 6.91. The van der Waals surface area contributed by atoms with Crippen molar-refractivity contribution in [3.63, 3.8) is 0 Å². The highest BCUT2D eigenvalue weighted by Gasteiger charge is 2.26. The van der Waals surface area contributed by atoms with E-state index < -0.39 is 10.0 Å². The van der Waals surface area contributed by atoms with Gasteiger partial charge in [0.25, 0.3) is 10.0 Å². The zero-order valence-corrected chi connectivity index (χ0v) is 21.9. The van der Waals surface area contributed by atoms with Gasteiger partial charge in [-0.1, -0.05) is 53.9 Å². The summed E-state index contributed by atoms with van der Waals surface area (Å²) in [7, 11) is -3.89. The largest absolute Gasteiger partial charge is 0.493 e. The summed E-state index contributed by atoms with van der Waals surface area (Å²) in [5.41, 5.74) is 1.26. The van der Waals surface area contributed by atoms with Crippen LogP contribution in [-0.2, 0) is 16.6 Å². The van der Waals surface area contributed by atoms with Gasteiger partial charge in [0.15, 0.2) is 0 Å². The SMILES string of the molecule is O=S(=O)(c1ccc(Cl)cc1)N(Cc1ccccc1OCCCN1CCCCC1)c1cccc(Cl)c1. The van der Waals surface area contributed by atoms with Crippen molar-refractivity contribution in [1.29, 1.82) is 0 Å². The highest BCUT2D eigenvalue weighted by Crippen LogP contribution is 2.31. The predicted molar refractivity (Wildman–Crippen MR) is 143 cm³/mol. The molecule has 0 saturated carbocycles. The minimum Gasteiger partial charge on any atom is -0.493 e. The summed E-state index contributed by atoms with van der Waals surface area (Å²) in [4.78, 5) is 2.64. The fourth-order valence-corrected chi connectivity index (χ4v) is 6.01. The summed E-state index contributed by atoms with van der Waals surface area (Å²) in [6.45, 7) is 4.02. The van der Waals surface area contributed by atoms with Crippen molar-refractivity contribution in [1.82, 2.24) is 4.90 Å². The van der Waals surface area contributed by atoms with Crippen LogP contribution in [0.15, 0.2) is 77.7 Å². The minimum atomic E-state index is -3.89. The molecule has 0 N–H and O–H groups in total. The quantitative estimate of drug-likeness (QED) is 0.274. The molecule has 0 amide bonds. The van der Waals surface area contributed by atoms with Gasteiger partial charge in [-0.2, -0.15) is 0 Å². The van der Waals surface area contributed by atoms with Gasteiger partial charge in [0.1, 0.15) is 5.75 Å². The number of piperidine rings is 1. The highest BCUT2D eigenvalue weighted by molar-refractivity contribution is 7.92. The topological polar surface area (TPSA) is 49.9 Å². The van der Waals surface area contributed by atoms with Crippen LogP contribution in [0.25, 0.3) is 0 Å². The molecule has 0 atom stereocenters. The first-order valence-electron chi connectivity index (χ1n) is 11.9. The van der Waals surface area contributed by atoms with Crippen molar-refractivity contribution in [3.8, 4) is 5.75 Å². The molecular weight excluding hydrogens is 503 g/mol. The van der Waals surface area contributed by atoms with Crippen LogP contribution in [0.3, 0.4) is 0 Å². The molecule has 1 fully saturated rings. The Labute approximate surface area is 218 Å². The number of rotatable bonds is 10. The van der Waals surface area contributed by atoms with Crippen molar-refractivity contribution in [2.45, 2.75) is 37.1 Å². The lowest BCUT2D eigenvalue weighted by atomic mass is 10.1. The standard InChI is InChI=1S/C27H30Cl2N2O3S/c28-23-12-14-26(15-13-23)35(32,33)31(25-10-6-9-24(29)20-25)21-22-8-2-3-11-27(22)34-19-7-18-30-16-4-1-5-17-30/h2-3,6,8-15,20H,1,4-5,7,16-19,21H2. The number of hydrogen-bond donors (Lipinski definition) is 0. The lowest BCUT2D eigenvalue weighted by molar-refractivity contribution is 0.204. The van der Waals surface area contributed by atoms with E-state index in [0.717, 1.165) is 31.6 Å². The first kappa shape index (κ1) is 25.8. The number of sulfonamides is 1. The maximum absolute atomic E-state index is 13.7. The van der Waals surface area contributed by atoms with E-state index in [0.29, 0.717) is 28.1 Å². The first-order valence-corrected chi connectivity index (χ1v) is 14.1. The Morgan fingerprint density at radius 3 is 2.34 bits per heavy atom. The molecule has 1 saturated heterocycles. The van der Waals surface area contributed by atoms with E-state index in [-0.39, 0.29) is 11.4 Å². The van der Waals surface area contributed by atoms with Gasteiger partial charge in [0.2, 0.25) is 0 Å². The monoisotopic (exact) mass is 532 g/mol. The Morgan fingerprint density at radius 2 is 1.60 bits per heavy atom. The number of benzene rings is 3. The summed E-state index contributed by atoms with van der Waals surface area (Å²) < 4.78 is 34.9. The number of para-hydroxylation sites is 1. The van der Waals surface area contributed by atoms with Crippen LogP contribution < -0.4 is 9.04 Å². The number of anilines is 1. The van der Waals surface area contributed by atoms with Gasteiger partial charge >= 0.3 is 0 Å². The Kier molecular flexibility index (Phi) is 8.95. The van der Waals surface area contributed by atoms with E-state index in [1.807, 2.05) is 24.3 Å². The number of nitrogens with zero attached hydrogens (tertiary/aromatic N) is 2. The summed E-state index contributed by atoms with van der Waals surface area (Å²) in [6.07, 6.45) is 4.79. The lowest BCUT2D eigenvalue weighted by Gasteiger charge is -2.27. The number of hydrogen-bond acceptors (Lipinski definition) is 4. The molecular formula is C27H30Cl2N2O3S. The molecule has 8 heteroatoms. The smallest absolute Gasteiger partial charge is 0.264 e. The molecule has 0 aromatic heterocycles. The molecule has 1 aliphatic rings. The second-order valence-corrected chi connectivity index (χ2v) is 11.4. The van der Waals surface area contributed by atoms with Crippen LogP contribution in [0, 0.1) is 0 Å². The van der Waals surface area contributed by atoms with E-state index >= 15 is 0 Å². The molecule has 186 valence electrons. The van der Waals surface area contributed by atoms with Crippen LogP contribution >= 0.6 is 23.2 Å². The van der Waals surface area contributed by atoms with E-state index in [1.54, 1.807) is 36.4 Å². The minimum absolute atomic E-state index is 0.105. The fourth-order valence-electron chi connectivity index (χ4n) is 4.26. The van der Waals surface area contributed by atoms with Crippen LogP contribution in [0.1, 0.15) is 31.2 Å². The molecule has 0 bridgehead atoms. The Balaban J connectivity index is 1.55. The molecule has 5 nitrogen and oxygen atoms in total. The number of halogens is 2. The van der Waals surface area contributed by atoms with E-state index in [2.05, 4.69) is 4.90 Å². The Bertz CT molecular complexity index is 1210. The molecule has 0 unspecified atom stereocenters. The van der Waals surface area contributed by atoms with Crippen molar-refractivity contribution in [3.05, 3.63) is 88.4 Å². The van der Waals surface area contributed by atoms with E-state index in [1.165, 1.54) is 35.7 Å². The van der Waals surface area contributed by atoms with Crippen molar-refractivity contribution < 1.29 is 13.2 Å². The average molecular weight is 534 g/mol. The van der Waals surface area contributed by atoms with Gasteiger partial charge in [-0.05, 0) is 80.9 Å². The molecule has 0 radical (unpaired) electrons. The maximum atomic E-state index is 13.7. The van der Waals surface area contributed by atoms with Crippen LogP contribution in [0.5, 0.6) is 5.75 Å². The zero-order chi connectivity index (χ0) is 24.7. The van der Waals surface area contributed by atoms with Crippen LogP contribution in [-0.4, -0.2) is 39.6 Å². The van der Waals surface area contributed by atoms with Crippen LogP contribution in [0.2, 0.25) is 10.0 Å². The average Bonchev–Trinajstić information content (AvgIpc) is 2.86. The van der Waals surface area contributed by atoms with Gasteiger partial charge < -0.3 is 9.64 Å². The number of ether oxygens (including phenoxy) is 1. The second kappa shape index (κ2) is 12.1. The fraction of sp³-hybridized carbons (Fsp3) is 0.333. The molecule has 1 aliphatic heterocycles. The molecule has 3 aromatic rings. The van der Waals surface area contributed by atoms with Gasteiger partial charge in [-0.3, -0.25) is 4.31 Å². The van der Waals surface area contributed by atoms with Gasteiger partial charge in [0.05, 0.1) is 23.7 Å². The molecule has 3 aromatic carbocycles. The Morgan fingerprint density at radius 1 is 0.857 bits per heavy atom. The lowest BCUT2D eigenvalue weighted by Crippen LogP contribution is -2.31. The molecule has 0 aliphatic carbocycles. The molecule has 4 rings (SSSR count). The van der Waals surface area contributed by atoms with Gasteiger partial charge in [0, 0.05) is 22.2 Å². The van der Waals surface area contributed by atoms with E-state index in [9.17, 15) is 8.42 Å². The van der Waals surface area contributed by atoms with Crippen molar-refractivity contribution >= 4 is 38.9 Å². The third-order valence-corrected chi connectivity index (χ3v) is 8.38. The second-order valence-electron chi connectivity index (χ2n) is 8.66. The van der Waals surface area contributed by atoms with Gasteiger partial charge in [-0.15, -0.1) is 0 Å². The number of likely N-dealkylation sites (tertiary alicyclic amines) is 1. The summed E-state index contributed by atoms with van der Waals surface area (Å²) >= 11 is 12.2. The first-order chi connectivity index (χ1) is 16.9. The third-order valence-electron chi connectivity index (χ3n) is 6.11. The normalized spacial score (nSPS) is 14.6. The van der Waals surface area contributed by atoms with Crippen molar-refractivity contribution in [2.24, 2.45) is 0 Å². The summed E-state index contributed by atoms with van der Waals surface area (Å²) in [6, 6.07) is 20.6. The summed E-state index contributed by atoms with van der Waals surface area (Å²) in [5.74, 6) is 0.685. The zero-order valence-electron chi connectivity index (χ0n) is 19.6. The Hall–Kier alpha value is -2.25. The maximum Gasteiger partial charge on any atom is 0.264 e. The summed E-state index contributed by atoms with van der Waals surface area (Å²) in [5, 5.41) is 0.933. The predicted octanol–water partition coefficient (Wildman–Crippen LogP) is 6.64. The van der Waals surface area contributed by atoms with Crippen LogP contribution in [0.4, 0.5) is 5.69 Å². The van der Waals surface area contributed by atoms with Crippen molar-refractivity contribution in [2.75, 3.05) is 30.5 Å².